The molecule has 2 heterocycles. The lowest BCUT2D eigenvalue weighted by atomic mass is 10.2. The predicted molar refractivity (Wildman–Crippen MR) is 79.4 cm³/mol. The molecule has 1 unspecified atom stereocenters. The van der Waals surface area contributed by atoms with Gasteiger partial charge in [0.1, 0.15) is 0 Å². The Morgan fingerprint density at radius 1 is 1.40 bits per heavy atom. The second-order valence-electron chi connectivity index (χ2n) is 4.81. The molecule has 0 spiro atoms. The first kappa shape index (κ1) is 14.5. The van der Waals surface area contributed by atoms with E-state index in [1.807, 2.05) is 60.8 Å². The number of hydrogen-bond donors (Lipinski definition) is 1. The molecule has 0 radical (unpaired) electrons. The molecule has 0 saturated heterocycles. The van der Waals surface area contributed by atoms with Crippen LogP contribution in [0, 0.1) is 0 Å². The zero-order valence-electron chi connectivity index (χ0n) is 12.3. The second-order valence-corrected chi connectivity index (χ2v) is 4.81. The molecule has 0 aliphatic rings. The van der Waals surface area contributed by atoms with E-state index in [0.29, 0.717) is 6.54 Å². The topological polar surface area (TPSA) is 49.6 Å². The number of carbonyl (C=O) groups is 1. The highest BCUT2D eigenvalue weighted by Gasteiger charge is 2.17. The summed E-state index contributed by atoms with van der Waals surface area (Å²) in [5.41, 5.74) is 2.17. The normalized spacial score (nSPS) is 12.6. The van der Waals surface area contributed by atoms with Crippen molar-refractivity contribution >= 4 is 11.4 Å². The fraction of sp³-hybridized carbons (Fsp3) is 0.467. The summed E-state index contributed by atoms with van der Waals surface area (Å²) < 4.78 is 1.84. The van der Waals surface area contributed by atoms with Crippen LogP contribution >= 0.6 is 0 Å². The molecule has 1 N–H and O–H groups in total. The van der Waals surface area contributed by atoms with Gasteiger partial charge in [0, 0.05) is 31.4 Å². The molecule has 1 amide bonds. The van der Waals surface area contributed by atoms with Gasteiger partial charge in [0.05, 0.1) is 17.8 Å². The van der Waals surface area contributed by atoms with Gasteiger partial charge >= 0.3 is 0 Å². The number of likely N-dealkylation sites (N-methyl/N-ethyl adjacent to an activating group) is 1. The van der Waals surface area contributed by atoms with E-state index in [4.69, 9.17) is 0 Å². The van der Waals surface area contributed by atoms with Crippen molar-refractivity contribution in [2.75, 3.05) is 13.1 Å². The van der Waals surface area contributed by atoms with Crippen LogP contribution < -0.4 is 5.32 Å². The van der Waals surface area contributed by atoms with Crippen LogP contribution in [0.15, 0.2) is 30.6 Å². The van der Waals surface area contributed by atoms with E-state index >= 15 is 0 Å². The van der Waals surface area contributed by atoms with Crippen molar-refractivity contribution in [1.29, 1.82) is 0 Å². The Bertz CT molecular complexity index is 574. The van der Waals surface area contributed by atoms with Crippen LogP contribution in [0.1, 0.15) is 26.3 Å². The molecule has 0 bridgehead atoms. The van der Waals surface area contributed by atoms with E-state index in [2.05, 4.69) is 10.4 Å². The van der Waals surface area contributed by atoms with Crippen LogP contribution in [0.25, 0.3) is 5.52 Å². The molecule has 5 nitrogen and oxygen atoms in total. The van der Waals surface area contributed by atoms with Crippen molar-refractivity contribution in [1.82, 2.24) is 19.8 Å². The van der Waals surface area contributed by atoms with Crippen molar-refractivity contribution in [3.63, 3.8) is 0 Å². The van der Waals surface area contributed by atoms with Crippen molar-refractivity contribution < 1.29 is 4.79 Å². The van der Waals surface area contributed by atoms with Crippen LogP contribution in [0.5, 0.6) is 0 Å². The third-order valence-corrected chi connectivity index (χ3v) is 3.55. The summed E-state index contributed by atoms with van der Waals surface area (Å²) in [5, 5.41) is 7.57. The first-order chi connectivity index (χ1) is 9.67. The minimum absolute atomic E-state index is 0.145. The second kappa shape index (κ2) is 6.52. The van der Waals surface area contributed by atoms with E-state index in [9.17, 15) is 4.79 Å². The van der Waals surface area contributed by atoms with Crippen LogP contribution in [-0.4, -0.2) is 39.6 Å². The smallest absolute Gasteiger partial charge is 0.239 e. The molecule has 0 aliphatic heterocycles. The highest BCUT2D eigenvalue weighted by Crippen LogP contribution is 2.09. The number of nitrogens with one attached hydrogen (secondary N) is 1. The first-order valence-electron chi connectivity index (χ1n) is 7.10. The van der Waals surface area contributed by atoms with Crippen molar-refractivity contribution in [3.8, 4) is 0 Å². The van der Waals surface area contributed by atoms with Crippen LogP contribution in [-0.2, 0) is 11.3 Å². The summed E-state index contributed by atoms with van der Waals surface area (Å²) in [6.45, 7) is 8.04. The molecule has 2 rings (SSSR count). The number of hydrogen-bond acceptors (Lipinski definition) is 3. The molecular weight excluding hydrogens is 252 g/mol. The molecule has 5 heteroatoms. The average Bonchev–Trinajstić information content (AvgIpc) is 2.89. The lowest BCUT2D eigenvalue weighted by Gasteiger charge is -2.23. The van der Waals surface area contributed by atoms with E-state index in [-0.39, 0.29) is 11.9 Å². The molecule has 20 heavy (non-hydrogen) atoms. The molecule has 0 fully saturated rings. The fourth-order valence-electron chi connectivity index (χ4n) is 2.28. The lowest BCUT2D eigenvalue weighted by molar-refractivity contribution is -0.132. The maximum absolute atomic E-state index is 12.2. The van der Waals surface area contributed by atoms with Crippen LogP contribution in [0.2, 0.25) is 0 Å². The van der Waals surface area contributed by atoms with Gasteiger partial charge in [-0.05, 0) is 32.9 Å². The van der Waals surface area contributed by atoms with Gasteiger partial charge in [-0.2, -0.15) is 5.10 Å². The molecule has 108 valence electrons. The van der Waals surface area contributed by atoms with E-state index < -0.39 is 0 Å². The lowest BCUT2D eigenvalue weighted by Crippen LogP contribution is -2.44. The van der Waals surface area contributed by atoms with Gasteiger partial charge in [-0.25, -0.2) is 4.52 Å². The summed E-state index contributed by atoms with van der Waals surface area (Å²) in [6, 6.07) is 5.78. The summed E-state index contributed by atoms with van der Waals surface area (Å²) in [5.74, 6) is 0.145. The number of rotatable bonds is 6. The Balaban J connectivity index is 2.00. The number of pyridine rings is 1. The Kier molecular flexibility index (Phi) is 4.74. The molecule has 0 aliphatic carbocycles. The summed E-state index contributed by atoms with van der Waals surface area (Å²) in [4.78, 5) is 14.0. The summed E-state index contributed by atoms with van der Waals surface area (Å²) >= 11 is 0. The minimum atomic E-state index is -0.187. The van der Waals surface area contributed by atoms with Gasteiger partial charge < -0.3 is 10.2 Å². The molecule has 0 saturated carbocycles. The van der Waals surface area contributed by atoms with Gasteiger partial charge in [0.2, 0.25) is 5.91 Å². The summed E-state index contributed by atoms with van der Waals surface area (Å²) in [6.07, 6.45) is 3.76. The quantitative estimate of drug-likeness (QED) is 0.872. The van der Waals surface area contributed by atoms with E-state index in [1.54, 1.807) is 0 Å². The van der Waals surface area contributed by atoms with Gasteiger partial charge in [0.25, 0.3) is 0 Å². The van der Waals surface area contributed by atoms with Crippen molar-refractivity contribution in [2.45, 2.75) is 33.4 Å². The third-order valence-electron chi connectivity index (χ3n) is 3.55. The third kappa shape index (κ3) is 2.99. The molecular formula is C15H22N4O. The van der Waals surface area contributed by atoms with E-state index in [0.717, 1.165) is 24.2 Å². The maximum Gasteiger partial charge on any atom is 0.239 e. The van der Waals surface area contributed by atoms with E-state index in [1.165, 1.54) is 0 Å². The van der Waals surface area contributed by atoms with Crippen LogP contribution in [0.4, 0.5) is 0 Å². The predicted octanol–water partition coefficient (Wildman–Crippen LogP) is 1.68. The molecule has 2 aromatic rings. The SMILES string of the molecule is CCN(CC)C(=O)C(C)NCc1cnn2ccccc12. The average molecular weight is 274 g/mol. The standard InChI is InChI=1S/C15H22N4O/c1-4-18(5-2)15(20)12(3)16-10-13-11-17-19-9-7-6-8-14(13)19/h6-9,11-12,16H,4-5,10H2,1-3H3. The number of nitrogens with zero attached hydrogens (tertiary/aromatic N) is 3. The number of carbonyl (C=O) groups excluding carboxylic acids is 1. The Labute approximate surface area is 119 Å². The van der Waals surface area contributed by atoms with Gasteiger partial charge in [-0.15, -0.1) is 0 Å². The Hall–Kier alpha value is -1.88. The van der Waals surface area contributed by atoms with Gasteiger partial charge in [-0.3, -0.25) is 4.79 Å². The Morgan fingerprint density at radius 3 is 2.85 bits per heavy atom. The number of fused-ring (bicyclic) bond motifs is 1. The monoisotopic (exact) mass is 274 g/mol. The molecule has 2 aromatic heterocycles. The van der Waals surface area contributed by atoms with Crippen LogP contribution in [0.3, 0.4) is 0 Å². The molecule has 1 atom stereocenters. The fourth-order valence-corrected chi connectivity index (χ4v) is 2.28. The van der Waals surface area contributed by atoms with Crippen molar-refractivity contribution in [3.05, 3.63) is 36.2 Å². The number of aromatic nitrogens is 2. The van der Waals surface area contributed by atoms with Gasteiger partial charge in [-0.1, -0.05) is 6.07 Å². The van der Waals surface area contributed by atoms with Gasteiger partial charge in [0.15, 0.2) is 0 Å². The largest absolute Gasteiger partial charge is 0.342 e. The highest BCUT2D eigenvalue weighted by atomic mass is 16.2. The maximum atomic E-state index is 12.2. The first-order valence-corrected chi connectivity index (χ1v) is 7.10. The van der Waals surface area contributed by atoms with Crippen molar-refractivity contribution in [2.24, 2.45) is 0 Å². The minimum Gasteiger partial charge on any atom is -0.342 e. The summed E-state index contributed by atoms with van der Waals surface area (Å²) in [7, 11) is 0. The highest BCUT2D eigenvalue weighted by molar-refractivity contribution is 5.81. The number of amides is 1. The molecule has 0 aromatic carbocycles. The zero-order valence-corrected chi connectivity index (χ0v) is 12.3. The Morgan fingerprint density at radius 2 is 2.15 bits per heavy atom. The zero-order chi connectivity index (χ0) is 14.5.